The molecule has 2 atom stereocenters. The zero-order chi connectivity index (χ0) is 14.5. The van der Waals surface area contributed by atoms with Crippen LogP contribution in [0.15, 0.2) is 0 Å². The van der Waals surface area contributed by atoms with Gasteiger partial charge < -0.3 is 10.1 Å². The maximum Gasteiger partial charge on any atom is 0.0467 e. The highest BCUT2D eigenvalue weighted by molar-refractivity contribution is 4.87. The number of methoxy groups -OCH3 is 1. The van der Waals surface area contributed by atoms with Gasteiger partial charge in [0.25, 0.3) is 0 Å². The normalized spacial score (nSPS) is 26.1. The van der Waals surface area contributed by atoms with Gasteiger partial charge in [-0.15, -0.1) is 0 Å². The number of nitrogens with one attached hydrogen (secondary N) is 1. The summed E-state index contributed by atoms with van der Waals surface area (Å²) in [5, 5.41) is 3.69. The lowest BCUT2D eigenvalue weighted by Crippen LogP contribution is -2.57. The van der Waals surface area contributed by atoms with Crippen LogP contribution in [0.1, 0.15) is 47.5 Å². The molecule has 0 saturated carbocycles. The molecule has 0 aromatic rings. The average molecular weight is 270 g/mol. The van der Waals surface area contributed by atoms with Crippen molar-refractivity contribution in [2.75, 3.05) is 33.4 Å². The maximum absolute atomic E-state index is 5.24. The Kier molecular flexibility index (Phi) is 6.78. The molecule has 0 amide bonds. The molecule has 2 unspecified atom stereocenters. The first-order chi connectivity index (χ1) is 8.84. The number of hydrogen-bond acceptors (Lipinski definition) is 3. The van der Waals surface area contributed by atoms with E-state index in [1.54, 1.807) is 7.11 Å². The molecule has 114 valence electrons. The van der Waals surface area contributed by atoms with E-state index in [2.05, 4.69) is 44.8 Å². The van der Waals surface area contributed by atoms with Crippen molar-refractivity contribution in [2.24, 2.45) is 11.3 Å². The van der Waals surface area contributed by atoms with Crippen molar-refractivity contribution in [1.82, 2.24) is 10.2 Å². The molecule has 3 nitrogen and oxygen atoms in total. The summed E-state index contributed by atoms with van der Waals surface area (Å²) in [7, 11) is 1.79. The lowest BCUT2D eigenvalue weighted by Gasteiger charge is -2.43. The van der Waals surface area contributed by atoms with Crippen LogP contribution in [0.3, 0.4) is 0 Å². The summed E-state index contributed by atoms with van der Waals surface area (Å²) < 4.78 is 5.24. The van der Waals surface area contributed by atoms with Gasteiger partial charge in [-0.25, -0.2) is 0 Å². The first-order valence-electron chi connectivity index (χ1n) is 7.80. The van der Waals surface area contributed by atoms with Gasteiger partial charge in [0.1, 0.15) is 0 Å². The van der Waals surface area contributed by atoms with Crippen molar-refractivity contribution in [1.29, 1.82) is 0 Å². The Bertz CT molecular complexity index is 253. The van der Waals surface area contributed by atoms with Crippen molar-refractivity contribution < 1.29 is 4.74 Å². The molecule has 0 aliphatic carbocycles. The zero-order valence-corrected chi connectivity index (χ0v) is 13.8. The van der Waals surface area contributed by atoms with Crippen LogP contribution in [-0.2, 0) is 4.74 Å². The molecule has 1 fully saturated rings. The van der Waals surface area contributed by atoms with Gasteiger partial charge in [0.2, 0.25) is 0 Å². The molecule has 0 bridgehead atoms. The predicted molar refractivity (Wildman–Crippen MR) is 82.6 cm³/mol. The zero-order valence-electron chi connectivity index (χ0n) is 13.8. The van der Waals surface area contributed by atoms with E-state index < -0.39 is 0 Å². The lowest BCUT2D eigenvalue weighted by molar-refractivity contribution is 0.0676. The van der Waals surface area contributed by atoms with Gasteiger partial charge in [-0.2, -0.15) is 0 Å². The fourth-order valence-electron chi connectivity index (χ4n) is 2.95. The average Bonchev–Trinajstić information content (AvgIpc) is 2.30. The van der Waals surface area contributed by atoms with E-state index in [9.17, 15) is 0 Å². The minimum absolute atomic E-state index is 0.337. The van der Waals surface area contributed by atoms with E-state index in [0.717, 1.165) is 25.5 Å². The molecule has 1 saturated heterocycles. The molecule has 1 rings (SSSR count). The van der Waals surface area contributed by atoms with Gasteiger partial charge in [0.05, 0.1) is 0 Å². The molecule has 1 heterocycles. The highest BCUT2D eigenvalue weighted by atomic mass is 16.5. The highest BCUT2D eigenvalue weighted by Crippen LogP contribution is 2.24. The summed E-state index contributed by atoms with van der Waals surface area (Å²) >= 11 is 0. The van der Waals surface area contributed by atoms with Gasteiger partial charge in [0.15, 0.2) is 0 Å². The molecule has 1 aliphatic heterocycles. The van der Waals surface area contributed by atoms with E-state index in [4.69, 9.17) is 4.74 Å². The summed E-state index contributed by atoms with van der Waals surface area (Å²) in [6, 6.07) is 1.31. The van der Waals surface area contributed by atoms with Gasteiger partial charge in [0, 0.05) is 45.4 Å². The summed E-state index contributed by atoms with van der Waals surface area (Å²) in [6.07, 6.45) is 2.41. The second kappa shape index (κ2) is 7.61. The van der Waals surface area contributed by atoms with Crippen LogP contribution in [-0.4, -0.2) is 50.3 Å². The van der Waals surface area contributed by atoms with Crippen molar-refractivity contribution in [3.8, 4) is 0 Å². The number of piperazine rings is 1. The topological polar surface area (TPSA) is 24.5 Å². The summed E-state index contributed by atoms with van der Waals surface area (Å²) in [5.41, 5.74) is 0.337. The molecule has 0 radical (unpaired) electrons. The quantitative estimate of drug-likeness (QED) is 0.770. The van der Waals surface area contributed by atoms with Crippen LogP contribution in [0.5, 0.6) is 0 Å². The Morgan fingerprint density at radius 1 is 1.37 bits per heavy atom. The Balaban J connectivity index is 2.49. The number of nitrogens with zero attached hydrogens (tertiary/aromatic N) is 1. The second-order valence-electron chi connectivity index (χ2n) is 7.42. The summed E-state index contributed by atoms with van der Waals surface area (Å²) in [5.74, 6) is 0.772. The highest BCUT2D eigenvalue weighted by Gasteiger charge is 2.29. The van der Waals surface area contributed by atoms with Gasteiger partial charge in [-0.1, -0.05) is 27.7 Å². The molecule has 1 N–H and O–H groups in total. The number of hydrogen-bond donors (Lipinski definition) is 1. The molecule has 3 heteroatoms. The molecule has 0 aromatic carbocycles. The third kappa shape index (κ3) is 6.24. The van der Waals surface area contributed by atoms with Crippen LogP contribution in [0.2, 0.25) is 0 Å². The van der Waals surface area contributed by atoms with Crippen LogP contribution in [0.4, 0.5) is 0 Å². The fourth-order valence-corrected chi connectivity index (χ4v) is 2.95. The van der Waals surface area contributed by atoms with Gasteiger partial charge in [-0.3, -0.25) is 4.90 Å². The molecule has 0 aromatic heterocycles. The van der Waals surface area contributed by atoms with E-state index >= 15 is 0 Å². The predicted octanol–water partition coefficient (Wildman–Crippen LogP) is 2.76. The Morgan fingerprint density at radius 2 is 2.05 bits per heavy atom. The molecule has 19 heavy (non-hydrogen) atoms. The van der Waals surface area contributed by atoms with Crippen molar-refractivity contribution in [3.05, 3.63) is 0 Å². The Morgan fingerprint density at radius 3 is 2.63 bits per heavy atom. The lowest BCUT2D eigenvalue weighted by atomic mass is 9.87. The number of rotatable bonds is 7. The molecule has 1 aliphatic rings. The standard InChI is InChI=1S/C16H34N2O/c1-13(2)9-15-11-18(14(3)10-17-15)12-16(4,5)7-8-19-6/h13-15,17H,7-12H2,1-6H3. The van der Waals surface area contributed by atoms with Gasteiger partial charge >= 0.3 is 0 Å². The van der Waals surface area contributed by atoms with E-state index in [0.29, 0.717) is 17.5 Å². The summed E-state index contributed by atoms with van der Waals surface area (Å²) in [6.45, 7) is 16.0. The summed E-state index contributed by atoms with van der Waals surface area (Å²) in [4.78, 5) is 2.67. The smallest absolute Gasteiger partial charge is 0.0467 e. The maximum atomic E-state index is 5.24. The van der Waals surface area contributed by atoms with Gasteiger partial charge in [-0.05, 0) is 31.1 Å². The first-order valence-corrected chi connectivity index (χ1v) is 7.80. The molecule has 0 spiro atoms. The van der Waals surface area contributed by atoms with Crippen LogP contribution in [0, 0.1) is 11.3 Å². The Labute approximate surface area is 120 Å². The minimum Gasteiger partial charge on any atom is -0.385 e. The first kappa shape index (κ1) is 16.9. The molecular weight excluding hydrogens is 236 g/mol. The minimum atomic E-state index is 0.337. The molecular formula is C16H34N2O. The third-order valence-corrected chi connectivity index (χ3v) is 4.15. The largest absolute Gasteiger partial charge is 0.385 e. The van der Waals surface area contributed by atoms with E-state index in [1.165, 1.54) is 19.5 Å². The Hall–Kier alpha value is -0.120. The third-order valence-electron chi connectivity index (χ3n) is 4.15. The monoisotopic (exact) mass is 270 g/mol. The van der Waals surface area contributed by atoms with Crippen molar-refractivity contribution in [2.45, 2.75) is 59.5 Å². The second-order valence-corrected chi connectivity index (χ2v) is 7.42. The van der Waals surface area contributed by atoms with Crippen LogP contribution >= 0.6 is 0 Å². The van der Waals surface area contributed by atoms with Crippen molar-refractivity contribution >= 4 is 0 Å². The SMILES string of the molecule is COCCC(C)(C)CN1CC(CC(C)C)NCC1C. The van der Waals surface area contributed by atoms with Crippen LogP contribution in [0.25, 0.3) is 0 Å². The van der Waals surface area contributed by atoms with Crippen LogP contribution < -0.4 is 5.32 Å². The van der Waals surface area contributed by atoms with Crippen molar-refractivity contribution in [3.63, 3.8) is 0 Å². The fraction of sp³-hybridized carbons (Fsp3) is 1.00. The van der Waals surface area contributed by atoms with E-state index in [-0.39, 0.29) is 0 Å². The van der Waals surface area contributed by atoms with E-state index in [1.807, 2.05) is 0 Å². The number of ether oxygens (including phenoxy) is 1.